The quantitative estimate of drug-likeness (QED) is 0.861. The van der Waals surface area contributed by atoms with Crippen molar-refractivity contribution in [2.45, 2.75) is 13.2 Å². The van der Waals surface area contributed by atoms with E-state index in [0.29, 0.717) is 30.6 Å². The lowest BCUT2D eigenvalue weighted by Crippen LogP contribution is -2.07. The molecule has 1 aromatic heterocycles. The predicted octanol–water partition coefficient (Wildman–Crippen LogP) is 1.96. The molecule has 0 aliphatic heterocycles. The summed E-state index contributed by atoms with van der Waals surface area (Å²) in [5.74, 6) is 1.19. The van der Waals surface area contributed by atoms with Gasteiger partial charge < -0.3 is 15.8 Å². The second-order valence-electron chi connectivity index (χ2n) is 4.01. The highest BCUT2D eigenvalue weighted by Gasteiger charge is 2.03. The smallest absolute Gasteiger partial charge is 0.158 e. The van der Waals surface area contributed by atoms with E-state index in [2.05, 4.69) is 15.3 Å². The Morgan fingerprint density at radius 1 is 1.32 bits per heavy atom. The van der Waals surface area contributed by atoms with Crippen LogP contribution in [0.15, 0.2) is 30.3 Å². The average Bonchev–Trinajstić information content (AvgIpc) is 2.36. The summed E-state index contributed by atoms with van der Waals surface area (Å²) in [6.45, 7) is 0.750. The highest BCUT2D eigenvalue weighted by molar-refractivity contribution is 5.45. The number of ether oxygens (including phenoxy) is 1. The average molecular weight is 262 g/mol. The molecule has 0 spiro atoms. The number of rotatable bonds is 5. The zero-order chi connectivity index (χ0) is 13.7. The summed E-state index contributed by atoms with van der Waals surface area (Å²) in [5.41, 5.74) is 6.50. The molecule has 0 amide bonds. The lowest BCUT2D eigenvalue weighted by Gasteiger charge is -2.08. The van der Waals surface area contributed by atoms with Crippen molar-refractivity contribution in [3.63, 3.8) is 0 Å². The van der Waals surface area contributed by atoms with E-state index in [1.54, 1.807) is 19.2 Å². The minimum Gasteiger partial charge on any atom is -0.384 e. The molecular formula is C13H15FN4O. The summed E-state index contributed by atoms with van der Waals surface area (Å²) in [5, 5.41) is 3.07. The molecule has 0 atom stereocenters. The Bertz CT molecular complexity index is 562. The number of nitrogens with zero attached hydrogens (tertiary/aromatic N) is 2. The maximum atomic E-state index is 13.0. The first-order chi connectivity index (χ1) is 9.17. The van der Waals surface area contributed by atoms with Gasteiger partial charge in [-0.1, -0.05) is 12.1 Å². The fourth-order valence-corrected chi connectivity index (χ4v) is 1.64. The van der Waals surface area contributed by atoms with Crippen molar-refractivity contribution in [3.05, 3.63) is 47.5 Å². The summed E-state index contributed by atoms with van der Waals surface area (Å²) in [6.07, 6.45) is 0. The first-order valence-electron chi connectivity index (χ1n) is 5.78. The van der Waals surface area contributed by atoms with Gasteiger partial charge in [0.1, 0.15) is 24.1 Å². The van der Waals surface area contributed by atoms with Gasteiger partial charge in [-0.2, -0.15) is 0 Å². The van der Waals surface area contributed by atoms with Crippen LogP contribution in [-0.2, 0) is 17.9 Å². The first-order valence-corrected chi connectivity index (χ1v) is 5.78. The molecule has 0 radical (unpaired) electrons. The molecule has 0 saturated heterocycles. The number of halogens is 1. The van der Waals surface area contributed by atoms with Crippen molar-refractivity contribution in [2.24, 2.45) is 0 Å². The van der Waals surface area contributed by atoms with Gasteiger partial charge in [0, 0.05) is 19.7 Å². The standard InChI is InChI=1S/C13H15FN4O/c1-19-8-13-17-11(15)6-12(18-13)16-7-9-3-2-4-10(14)5-9/h2-6H,7-8H2,1H3,(H3,15,16,17,18). The Kier molecular flexibility index (Phi) is 4.25. The van der Waals surface area contributed by atoms with E-state index in [-0.39, 0.29) is 5.82 Å². The van der Waals surface area contributed by atoms with Gasteiger partial charge in [0.25, 0.3) is 0 Å². The molecule has 3 N–H and O–H groups in total. The molecule has 19 heavy (non-hydrogen) atoms. The molecule has 2 aromatic rings. The lowest BCUT2D eigenvalue weighted by molar-refractivity contribution is 0.178. The topological polar surface area (TPSA) is 73.1 Å². The van der Waals surface area contributed by atoms with Crippen LogP contribution in [0.3, 0.4) is 0 Å². The molecule has 100 valence electrons. The molecule has 0 aliphatic carbocycles. The van der Waals surface area contributed by atoms with Crippen molar-refractivity contribution in [3.8, 4) is 0 Å². The SMILES string of the molecule is COCc1nc(N)cc(NCc2cccc(F)c2)n1. The zero-order valence-corrected chi connectivity index (χ0v) is 10.6. The summed E-state index contributed by atoms with van der Waals surface area (Å²) < 4.78 is 18.0. The third-order valence-electron chi connectivity index (χ3n) is 2.43. The second-order valence-corrected chi connectivity index (χ2v) is 4.01. The first kappa shape index (κ1) is 13.2. The molecule has 1 heterocycles. The molecule has 6 heteroatoms. The Morgan fingerprint density at radius 3 is 2.89 bits per heavy atom. The molecule has 0 unspecified atom stereocenters. The van der Waals surface area contributed by atoms with E-state index in [1.807, 2.05) is 6.07 Å². The fourth-order valence-electron chi connectivity index (χ4n) is 1.64. The maximum Gasteiger partial charge on any atom is 0.158 e. The van der Waals surface area contributed by atoms with Gasteiger partial charge in [-0.25, -0.2) is 14.4 Å². The molecule has 2 rings (SSSR count). The van der Waals surface area contributed by atoms with E-state index in [0.717, 1.165) is 5.56 Å². The van der Waals surface area contributed by atoms with Crippen LogP contribution in [0.5, 0.6) is 0 Å². The largest absolute Gasteiger partial charge is 0.384 e. The van der Waals surface area contributed by atoms with Gasteiger partial charge in [-0.15, -0.1) is 0 Å². The number of hydrogen-bond donors (Lipinski definition) is 2. The van der Waals surface area contributed by atoms with Crippen molar-refractivity contribution < 1.29 is 9.13 Å². The van der Waals surface area contributed by atoms with Gasteiger partial charge in [-0.3, -0.25) is 0 Å². The molecule has 0 bridgehead atoms. The summed E-state index contributed by atoms with van der Waals surface area (Å²) in [4.78, 5) is 8.27. The van der Waals surface area contributed by atoms with Gasteiger partial charge in [0.2, 0.25) is 0 Å². The molecule has 0 saturated carbocycles. The van der Waals surface area contributed by atoms with E-state index in [9.17, 15) is 4.39 Å². The van der Waals surface area contributed by atoms with E-state index >= 15 is 0 Å². The highest BCUT2D eigenvalue weighted by Crippen LogP contribution is 2.11. The molecule has 5 nitrogen and oxygen atoms in total. The normalized spacial score (nSPS) is 10.4. The van der Waals surface area contributed by atoms with Crippen molar-refractivity contribution >= 4 is 11.6 Å². The number of benzene rings is 1. The minimum absolute atomic E-state index is 0.262. The summed E-state index contributed by atoms with van der Waals surface area (Å²) in [7, 11) is 1.56. The maximum absolute atomic E-state index is 13.0. The number of aromatic nitrogens is 2. The van der Waals surface area contributed by atoms with Crippen LogP contribution in [0.2, 0.25) is 0 Å². The molecular weight excluding hydrogens is 247 g/mol. The van der Waals surface area contributed by atoms with Crippen LogP contribution < -0.4 is 11.1 Å². The Hall–Kier alpha value is -2.21. The number of nitrogens with one attached hydrogen (secondary N) is 1. The minimum atomic E-state index is -0.262. The van der Waals surface area contributed by atoms with Crippen LogP contribution >= 0.6 is 0 Å². The van der Waals surface area contributed by atoms with E-state index in [1.165, 1.54) is 12.1 Å². The van der Waals surface area contributed by atoms with Crippen molar-refractivity contribution in [1.82, 2.24) is 9.97 Å². The van der Waals surface area contributed by atoms with Gasteiger partial charge in [-0.05, 0) is 17.7 Å². The van der Waals surface area contributed by atoms with Crippen LogP contribution in [0.4, 0.5) is 16.0 Å². The van der Waals surface area contributed by atoms with Crippen molar-refractivity contribution in [1.29, 1.82) is 0 Å². The van der Waals surface area contributed by atoms with Crippen LogP contribution in [0.1, 0.15) is 11.4 Å². The predicted molar refractivity (Wildman–Crippen MR) is 70.9 cm³/mol. The number of methoxy groups -OCH3 is 1. The second kappa shape index (κ2) is 6.10. The Labute approximate surface area is 110 Å². The molecule has 0 aliphatic rings. The van der Waals surface area contributed by atoms with Gasteiger partial charge >= 0.3 is 0 Å². The van der Waals surface area contributed by atoms with E-state index < -0.39 is 0 Å². The fraction of sp³-hybridized carbons (Fsp3) is 0.231. The van der Waals surface area contributed by atoms with Crippen LogP contribution in [-0.4, -0.2) is 17.1 Å². The third kappa shape index (κ3) is 3.89. The Balaban J connectivity index is 2.06. The number of hydrogen-bond acceptors (Lipinski definition) is 5. The summed E-state index contributed by atoms with van der Waals surface area (Å²) >= 11 is 0. The van der Waals surface area contributed by atoms with E-state index in [4.69, 9.17) is 10.5 Å². The van der Waals surface area contributed by atoms with Gasteiger partial charge in [0.15, 0.2) is 5.82 Å². The van der Waals surface area contributed by atoms with Crippen molar-refractivity contribution in [2.75, 3.05) is 18.2 Å². The number of anilines is 2. The lowest BCUT2D eigenvalue weighted by atomic mass is 10.2. The number of nitrogens with two attached hydrogens (primary N) is 1. The van der Waals surface area contributed by atoms with Crippen LogP contribution in [0, 0.1) is 5.82 Å². The molecule has 1 aromatic carbocycles. The number of nitrogen functional groups attached to an aromatic ring is 1. The monoisotopic (exact) mass is 262 g/mol. The Morgan fingerprint density at radius 2 is 2.16 bits per heavy atom. The van der Waals surface area contributed by atoms with Gasteiger partial charge in [0.05, 0.1) is 0 Å². The summed E-state index contributed by atoms with van der Waals surface area (Å²) in [6, 6.07) is 7.99. The van der Waals surface area contributed by atoms with Crippen LogP contribution in [0.25, 0.3) is 0 Å². The third-order valence-corrected chi connectivity index (χ3v) is 2.43. The zero-order valence-electron chi connectivity index (χ0n) is 10.6. The highest BCUT2D eigenvalue weighted by atomic mass is 19.1. The molecule has 0 fully saturated rings.